The van der Waals surface area contributed by atoms with Gasteiger partial charge in [0.2, 0.25) is 0 Å². The first-order valence-corrected chi connectivity index (χ1v) is 6.92. The summed E-state index contributed by atoms with van der Waals surface area (Å²) in [7, 11) is 0. The van der Waals surface area contributed by atoms with E-state index in [1.165, 1.54) is 0 Å². The van der Waals surface area contributed by atoms with E-state index in [-0.39, 0.29) is 11.7 Å². The molecule has 100 valence electrons. The maximum atomic E-state index is 12.8. The van der Waals surface area contributed by atoms with Gasteiger partial charge in [0.05, 0.1) is 6.33 Å². The molecule has 1 aromatic carbocycles. The molecule has 2 aromatic heterocycles. The predicted molar refractivity (Wildman–Crippen MR) is 76.7 cm³/mol. The fourth-order valence-corrected chi connectivity index (χ4v) is 3.14. The number of aromatic nitrogens is 3. The number of H-pyrrole nitrogens is 1. The van der Waals surface area contributed by atoms with E-state index in [4.69, 9.17) is 0 Å². The van der Waals surface area contributed by atoms with Crippen molar-refractivity contribution in [3.63, 3.8) is 0 Å². The van der Waals surface area contributed by atoms with Gasteiger partial charge >= 0.3 is 0 Å². The molecule has 4 heteroatoms. The number of para-hydroxylation sites is 1. The van der Waals surface area contributed by atoms with Crippen LogP contribution in [-0.4, -0.2) is 20.3 Å². The first-order chi connectivity index (χ1) is 9.83. The largest absolute Gasteiger partial charge is 0.358 e. The van der Waals surface area contributed by atoms with Gasteiger partial charge in [0.1, 0.15) is 0 Å². The van der Waals surface area contributed by atoms with Gasteiger partial charge in [0.15, 0.2) is 5.78 Å². The molecule has 0 saturated carbocycles. The molecule has 1 aliphatic rings. The summed E-state index contributed by atoms with van der Waals surface area (Å²) >= 11 is 0. The normalized spacial score (nSPS) is 18.4. The zero-order chi connectivity index (χ0) is 13.5. The second-order valence-electron chi connectivity index (χ2n) is 5.38. The van der Waals surface area contributed by atoms with Gasteiger partial charge in [-0.3, -0.25) is 4.79 Å². The van der Waals surface area contributed by atoms with E-state index in [0.717, 1.165) is 41.5 Å². The van der Waals surface area contributed by atoms with E-state index in [0.29, 0.717) is 0 Å². The van der Waals surface area contributed by atoms with E-state index in [9.17, 15) is 4.79 Å². The average Bonchev–Trinajstić information content (AvgIpc) is 3.09. The first-order valence-electron chi connectivity index (χ1n) is 6.92. The lowest BCUT2D eigenvalue weighted by Gasteiger charge is -2.21. The number of benzene rings is 1. The van der Waals surface area contributed by atoms with Crippen LogP contribution in [0.1, 0.15) is 22.5 Å². The molecule has 4 rings (SSSR count). The fraction of sp³-hybridized carbons (Fsp3) is 0.250. The molecule has 0 amide bonds. The van der Waals surface area contributed by atoms with Crippen LogP contribution < -0.4 is 0 Å². The molecule has 4 nitrogen and oxygen atoms in total. The fourth-order valence-electron chi connectivity index (χ4n) is 3.14. The Bertz CT molecular complexity index is 770. The number of ketones is 1. The number of Topliss-reactive ketones (excluding diaryl/α,β-unsaturated/α-hetero) is 1. The smallest absolute Gasteiger partial charge is 0.170 e. The first kappa shape index (κ1) is 11.5. The third-order valence-electron chi connectivity index (χ3n) is 4.13. The molecule has 1 N–H and O–H groups in total. The number of carbonyl (C=O) groups is 1. The third-order valence-corrected chi connectivity index (χ3v) is 4.13. The quantitative estimate of drug-likeness (QED) is 0.774. The van der Waals surface area contributed by atoms with Crippen LogP contribution in [0, 0.1) is 5.92 Å². The summed E-state index contributed by atoms with van der Waals surface area (Å²) in [5.74, 6) is 0.313. The highest BCUT2D eigenvalue weighted by Crippen LogP contribution is 2.32. The van der Waals surface area contributed by atoms with E-state index < -0.39 is 0 Å². The van der Waals surface area contributed by atoms with Gasteiger partial charge in [-0.05, 0) is 18.9 Å². The van der Waals surface area contributed by atoms with Gasteiger partial charge in [-0.15, -0.1) is 0 Å². The Kier molecular flexibility index (Phi) is 2.49. The average molecular weight is 265 g/mol. The molecule has 0 saturated heterocycles. The second kappa shape index (κ2) is 4.34. The third kappa shape index (κ3) is 1.68. The van der Waals surface area contributed by atoms with Gasteiger partial charge < -0.3 is 9.55 Å². The minimum atomic E-state index is 0.0518. The van der Waals surface area contributed by atoms with Gasteiger partial charge in [0, 0.05) is 47.0 Å². The molecular weight excluding hydrogens is 250 g/mol. The molecule has 3 aromatic rings. The summed E-state index contributed by atoms with van der Waals surface area (Å²) in [5.41, 5.74) is 3.06. The van der Waals surface area contributed by atoms with Crippen molar-refractivity contribution >= 4 is 16.7 Å². The molecule has 0 radical (unpaired) electrons. The molecular formula is C16H15N3O. The lowest BCUT2D eigenvalue weighted by Crippen LogP contribution is -2.25. The van der Waals surface area contributed by atoms with Gasteiger partial charge in [-0.2, -0.15) is 0 Å². The monoisotopic (exact) mass is 265 g/mol. The predicted octanol–water partition coefficient (Wildman–Crippen LogP) is 2.81. The molecule has 1 aliphatic carbocycles. The highest BCUT2D eigenvalue weighted by Gasteiger charge is 2.30. The molecule has 20 heavy (non-hydrogen) atoms. The minimum Gasteiger partial charge on any atom is -0.358 e. The standard InChI is InChI=1S/C16H15N3O/c20-16-11(9-19-8-7-17-10-19)5-6-14-15(16)12-3-1-2-4-13(12)18-14/h1-4,7-8,10-11,18H,5-6,9H2. The number of hydrogen-bond acceptors (Lipinski definition) is 2. The van der Waals surface area contributed by atoms with E-state index in [2.05, 4.69) is 9.97 Å². The zero-order valence-corrected chi connectivity index (χ0v) is 11.0. The molecule has 0 spiro atoms. The summed E-state index contributed by atoms with van der Waals surface area (Å²) in [6.45, 7) is 0.720. The number of nitrogens with one attached hydrogen (secondary N) is 1. The van der Waals surface area contributed by atoms with Crippen molar-refractivity contribution in [1.82, 2.24) is 14.5 Å². The Morgan fingerprint density at radius 2 is 2.25 bits per heavy atom. The van der Waals surface area contributed by atoms with Crippen LogP contribution in [0.15, 0.2) is 43.0 Å². The van der Waals surface area contributed by atoms with Crippen molar-refractivity contribution in [1.29, 1.82) is 0 Å². The van der Waals surface area contributed by atoms with Crippen LogP contribution in [0.3, 0.4) is 0 Å². The Morgan fingerprint density at radius 1 is 1.35 bits per heavy atom. The molecule has 2 heterocycles. The Hall–Kier alpha value is -2.36. The Morgan fingerprint density at radius 3 is 3.10 bits per heavy atom. The summed E-state index contributed by atoms with van der Waals surface area (Å²) < 4.78 is 1.99. The number of aryl methyl sites for hydroxylation is 1. The number of fused-ring (bicyclic) bond motifs is 3. The van der Waals surface area contributed by atoms with E-state index in [1.807, 2.05) is 35.0 Å². The number of hydrogen-bond donors (Lipinski definition) is 1. The summed E-state index contributed by atoms with van der Waals surface area (Å²) in [4.78, 5) is 20.2. The number of nitrogens with zero attached hydrogens (tertiary/aromatic N) is 2. The SMILES string of the molecule is O=C1c2c([nH]c3ccccc23)CCC1Cn1ccnc1. The molecule has 0 fully saturated rings. The van der Waals surface area contributed by atoms with Gasteiger partial charge in [0.25, 0.3) is 0 Å². The number of carbonyl (C=O) groups excluding carboxylic acids is 1. The lowest BCUT2D eigenvalue weighted by molar-refractivity contribution is 0.0889. The highest BCUT2D eigenvalue weighted by molar-refractivity contribution is 6.10. The van der Waals surface area contributed by atoms with Crippen molar-refractivity contribution in [2.24, 2.45) is 5.92 Å². The number of aromatic amines is 1. The number of rotatable bonds is 2. The van der Waals surface area contributed by atoms with Crippen LogP contribution in [0.4, 0.5) is 0 Å². The van der Waals surface area contributed by atoms with Crippen molar-refractivity contribution in [3.05, 3.63) is 54.2 Å². The second-order valence-corrected chi connectivity index (χ2v) is 5.38. The number of imidazole rings is 1. The highest BCUT2D eigenvalue weighted by atomic mass is 16.1. The van der Waals surface area contributed by atoms with Crippen LogP contribution in [0.5, 0.6) is 0 Å². The van der Waals surface area contributed by atoms with Crippen LogP contribution in [0.25, 0.3) is 10.9 Å². The van der Waals surface area contributed by atoms with Crippen LogP contribution in [0.2, 0.25) is 0 Å². The van der Waals surface area contributed by atoms with E-state index in [1.54, 1.807) is 12.5 Å². The summed E-state index contributed by atoms with van der Waals surface area (Å²) in [6, 6.07) is 8.05. The van der Waals surface area contributed by atoms with Crippen molar-refractivity contribution in [3.8, 4) is 0 Å². The topological polar surface area (TPSA) is 50.7 Å². The summed E-state index contributed by atoms with van der Waals surface area (Å²) in [6.07, 6.45) is 7.28. The van der Waals surface area contributed by atoms with Crippen LogP contribution >= 0.6 is 0 Å². The zero-order valence-electron chi connectivity index (χ0n) is 11.0. The molecule has 1 unspecified atom stereocenters. The Balaban J connectivity index is 1.74. The maximum absolute atomic E-state index is 12.8. The van der Waals surface area contributed by atoms with Crippen molar-refractivity contribution < 1.29 is 4.79 Å². The van der Waals surface area contributed by atoms with Gasteiger partial charge in [-0.1, -0.05) is 18.2 Å². The molecule has 1 atom stereocenters. The van der Waals surface area contributed by atoms with Crippen LogP contribution in [-0.2, 0) is 13.0 Å². The molecule has 0 bridgehead atoms. The van der Waals surface area contributed by atoms with E-state index >= 15 is 0 Å². The van der Waals surface area contributed by atoms with Crippen molar-refractivity contribution in [2.45, 2.75) is 19.4 Å². The lowest BCUT2D eigenvalue weighted by atomic mass is 9.85. The minimum absolute atomic E-state index is 0.0518. The Labute approximate surface area is 116 Å². The molecule has 0 aliphatic heterocycles. The van der Waals surface area contributed by atoms with Gasteiger partial charge in [-0.25, -0.2) is 4.98 Å². The van der Waals surface area contributed by atoms with Crippen molar-refractivity contribution in [2.75, 3.05) is 0 Å². The maximum Gasteiger partial charge on any atom is 0.170 e. The summed E-state index contributed by atoms with van der Waals surface area (Å²) in [5, 5.41) is 1.06.